The highest BCUT2D eigenvalue weighted by molar-refractivity contribution is 8.01. The standard InChI is InChI=1S/C3H6N4S/c1-7(3(5)6)8-2-4/h1H3,(H3,5,6). The summed E-state index contributed by atoms with van der Waals surface area (Å²) >= 11 is 0.829. The second kappa shape index (κ2) is 3.16. The van der Waals surface area contributed by atoms with Gasteiger partial charge in [0.25, 0.3) is 0 Å². The minimum Gasteiger partial charge on any atom is -0.369 e. The number of nitrogens with zero attached hydrogens (tertiary/aromatic N) is 2. The number of hydrogen-bond donors (Lipinski definition) is 2. The Kier molecular flexibility index (Phi) is 2.80. The zero-order valence-electron chi connectivity index (χ0n) is 4.38. The van der Waals surface area contributed by atoms with Crippen molar-refractivity contribution in [3.63, 3.8) is 0 Å². The lowest BCUT2D eigenvalue weighted by molar-refractivity contribution is 0.826. The molecular weight excluding hydrogens is 124 g/mol. The van der Waals surface area contributed by atoms with Gasteiger partial charge in [-0.15, -0.1) is 0 Å². The lowest BCUT2D eigenvalue weighted by Crippen LogP contribution is -2.26. The second-order valence-electron chi connectivity index (χ2n) is 1.07. The minimum atomic E-state index is -0.114. The second-order valence-corrected chi connectivity index (χ2v) is 1.98. The van der Waals surface area contributed by atoms with Gasteiger partial charge in [-0.2, -0.15) is 5.26 Å². The van der Waals surface area contributed by atoms with Gasteiger partial charge in [0.2, 0.25) is 0 Å². The molecule has 44 valence electrons. The van der Waals surface area contributed by atoms with Crippen molar-refractivity contribution in [1.29, 1.82) is 10.7 Å². The average molecular weight is 130 g/mol. The predicted octanol–water partition coefficient (Wildman–Crippen LogP) is -0.0590. The molecule has 0 atom stereocenters. The van der Waals surface area contributed by atoms with Crippen molar-refractivity contribution in [1.82, 2.24) is 4.31 Å². The van der Waals surface area contributed by atoms with E-state index in [2.05, 4.69) is 0 Å². The van der Waals surface area contributed by atoms with Crippen molar-refractivity contribution >= 4 is 17.9 Å². The SMILES string of the molecule is CN(SC#N)C(=N)N. The van der Waals surface area contributed by atoms with E-state index in [0.29, 0.717) is 0 Å². The van der Waals surface area contributed by atoms with Crippen LogP contribution < -0.4 is 5.73 Å². The van der Waals surface area contributed by atoms with Gasteiger partial charge in [-0.25, -0.2) is 0 Å². The molecule has 0 aromatic heterocycles. The molecule has 8 heavy (non-hydrogen) atoms. The van der Waals surface area contributed by atoms with Gasteiger partial charge in [-0.05, 0) is 0 Å². The van der Waals surface area contributed by atoms with Gasteiger partial charge < -0.3 is 5.73 Å². The number of nitrogens with two attached hydrogens (primary N) is 1. The Labute approximate surface area is 51.9 Å². The summed E-state index contributed by atoms with van der Waals surface area (Å²) in [6.07, 6.45) is 0. The summed E-state index contributed by atoms with van der Waals surface area (Å²) in [5.41, 5.74) is 4.96. The van der Waals surface area contributed by atoms with Gasteiger partial charge >= 0.3 is 0 Å². The number of guanidine groups is 1. The maximum Gasteiger partial charge on any atom is 0.199 e. The van der Waals surface area contributed by atoms with Gasteiger partial charge in [0, 0.05) is 7.05 Å². The molecule has 4 nitrogen and oxygen atoms in total. The molecule has 3 N–H and O–H groups in total. The summed E-state index contributed by atoms with van der Waals surface area (Å²) in [7, 11) is 1.55. The van der Waals surface area contributed by atoms with Gasteiger partial charge in [0.05, 0.1) is 11.9 Å². The zero-order chi connectivity index (χ0) is 6.57. The van der Waals surface area contributed by atoms with Crippen molar-refractivity contribution in [2.45, 2.75) is 0 Å². The third-order valence-electron chi connectivity index (χ3n) is 0.517. The van der Waals surface area contributed by atoms with Gasteiger partial charge in [0.1, 0.15) is 0 Å². The first-order valence-corrected chi connectivity index (χ1v) is 2.59. The molecule has 0 aliphatic carbocycles. The van der Waals surface area contributed by atoms with E-state index >= 15 is 0 Å². The van der Waals surface area contributed by atoms with Gasteiger partial charge in [0.15, 0.2) is 11.4 Å². The zero-order valence-corrected chi connectivity index (χ0v) is 5.20. The lowest BCUT2D eigenvalue weighted by atomic mass is 11.0. The van der Waals surface area contributed by atoms with Crippen LogP contribution in [0.25, 0.3) is 0 Å². The van der Waals surface area contributed by atoms with Crippen LogP contribution in [0.2, 0.25) is 0 Å². The van der Waals surface area contributed by atoms with E-state index in [1.165, 1.54) is 4.31 Å². The Morgan fingerprint density at radius 3 is 2.62 bits per heavy atom. The molecule has 5 heteroatoms. The number of nitriles is 1. The highest BCUT2D eigenvalue weighted by Crippen LogP contribution is 1.99. The molecule has 0 aromatic rings. The molecule has 0 amide bonds. The Morgan fingerprint density at radius 1 is 2.00 bits per heavy atom. The van der Waals surface area contributed by atoms with E-state index in [0.717, 1.165) is 11.9 Å². The number of nitrogens with one attached hydrogen (secondary N) is 1. The smallest absolute Gasteiger partial charge is 0.199 e. The van der Waals surface area contributed by atoms with Gasteiger partial charge in [-0.3, -0.25) is 9.71 Å². The summed E-state index contributed by atoms with van der Waals surface area (Å²) < 4.78 is 1.26. The first-order chi connectivity index (χ1) is 3.68. The van der Waals surface area contributed by atoms with Crippen LogP contribution in [0.3, 0.4) is 0 Å². The first kappa shape index (κ1) is 7.11. The van der Waals surface area contributed by atoms with Gasteiger partial charge in [-0.1, -0.05) is 0 Å². The summed E-state index contributed by atoms with van der Waals surface area (Å²) in [5, 5.41) is 16.5. The molecule has 0 spiro atoms. The van der Waals surface area contributed by atoms with Crippen LogP contribution in [0.4, 0.5) is 0 Å². The molecule has 0 aliphatic heterocycles. The molecule has 0 heterocycles. The Morgan fingerprint density at radius 2 is 2.50 bits per heavy atom. The van der Waals surface area contributed by atoms with Crippen molar-refractivity contribution in [3.8, 4) is 5.40 Å². The normalized spacial score (nSPS) is 7.50. The van der Waals surface area contributed by atoms with E-state index in [-0.39, 0.29) is 5.96 Å². The molecule has 0 saturated carbocycles. The molecule has 0 rings (SSSR count). The molecule has 0 unspecified atom stereocenters. The third-order valence-corrected chi connectivity index (χ3v) is 1.07. The fourth-order valence-electron chi connectivity index (χ4n) is 0.110. The Balaban J connectivity index is 3.52. The summed E-state index contributed by atoms with van der Waals surface area (Å²) in [6.45, 7) is 0. The third kappa shape index (κ3) is 2.31. The molecule has 0 radical (unpaired) electrons. The van der Waals surface area contributed by atoms with Crippen LogP contribution in [0.1, 0.15) is 0 Å². The largest absolute Gasteiger partial charge is 0.369 e. The van der Waals surface area contributed by atoms with Crippen LogP contribution in [0.5, 0.6) is 0 Å². The van der Waals surface area contributed by atoms with E-state index in [1.807, 2.05) is 0 Å². The molecule has 0 aromatic carbocycles. The van der Waals surface area contributed by atoms with Crippen LogP contribution in [0, 0.1) is 16.1 Å². The van der Waals surface area contributed by atoms with Crippen LogP contribution >= 0.6 is 11.9 Å². The highest BCUT2D eigenvalue weighted by Gasteiger charge is 1.95. The topological polar surface area (TPSA) is 76.9 Å². The maximum absolute atomic E-state index is 8.00. The maximum atomic E-state index is 8.00. The predicted molar refractivity (Wildman–Crippen MR) is 32.9 cm³/mol. The fourth-order valence-corrected chi connectivity index (χ4v) is 0.331. The highest BCUT2D eigenvalue weighted by atomic mass is 32.2. The minimum absolute atomic E-state index is 0.114. The molecule has 0 aliphatic rings. The Hall–Kier alpha value is -0.890. The van der Waals surface area contributed by atoms with Crippen LogP contribution in [-0.4, -0.2) is 17.3 Å². The Bertz CT molecular complexity index is 126. The van der Waals surface area contributed by atoms with Crippen molar-refractivity contribution in [2.24, 2.45) is 5.73 Å². The molecule has 0 saturated heterocycles. The quantitative estimate of drug-likeness (QED) is 0.225. The van der Waals surface area contributed by atoms with E-state index in [4.69, 9.17) is 16.4 Å². The fraction of sp³-hybridized carbons (Fsp3) is 0.333. The van der Waals surface area contributed by atoms with E-state index < -0.39 is 0 Å². The summed E-state index contributed by atoms with van der Waals surface area (Å²) in [4.78, 5) is 0. The molecule has 0 fully saturated rings. The van der Waals surface area contributed by atoms with E-state index in [9.17, 15) is 0 Å². The molecule has 0 bridgehead atoms. The van der Waals surface area contributed by atoms with Crippen LogP contribution in [0.15, 0.2) is 0 Å². The summed E-state index contributed by atoms with van der Waals surface area (Å²) in [6, 6.07) is 0. The average Bonchev–Trinajstić information content (AvgIpc) is 1.67. The number of hydrogen-bond acceptors (Lipinski definition) is 3. The molecular formula is C3H6N4S. The van der Waals surface area contributed by atoms with Crippen molar-refractivity contribution in [2.75, 3.05) is 7.05 Å². The summed E-state index contributed by atoms with van der Waals surface area (Å²) in [5.74, 6) is -0.114. The van der Waals surface area contributed by atoms with Crippen molar-refractivity contribution in [3.05, 3.63) is 0 Å². The van der Waals surface area contributed by atoms with Crippen molar-refractivity contribution < 1.29 is 0 Å². The number of thiocyanates is 1. The first-order valence-electron chi connectivity index (χ1n) is 1.82. The van der Waals surface area contributed by atoms with E-state index in [1.54, 1.807) is 12.4 Å². The lowest BCUT2D eigenvalue weighted by Gasteiger charge is -2.07. The van der Waals surface area contributed by atoms with Crippen LogP contribution in [-0.2, 0) is 0 Å². The number of rotatable bonds is 1. The monoisotopic (exact) mass is 130 g/mol.